The van der Waals surface area contributed by atoms with Gasteiger partial charge in [-0.3, -0.25) is 4.79 Å². The monoisotopic (exact) mass is 466 g/mol. The maximum atomic E-state index is 13.0. The molecule has 166 valence electrons. The molecule has 31 heavy (non-hydrogen) atoms. The number of ether oxygens (including phenoxy) is 3. The fraction of sp³-hybridized carbons (Fsp3) is 0.381. The number of nitrogens with one attached hydrogen (secondary N) is 1. The third kappa shape index (κ3) is 5.06. The number of hydrogen-bond acceptors (Lipinski definition) is 6. The van der Waals surface area contributed by atoms with Crippen molar-refractivity contribution in [1.82, 2.24) is 4.31 Å². The molecule has 0 radical (unpaired) electrons. The summed E-state index contributed by atoms with van der Waals surface area (Å²) in [5, 5.41) is 2.87. The summed E-state index contributed by atoms with van der Waals surface area (Å²) in [5.74, 6) is 1.14. The summed E-state index contributed by atoms with van der Waals surface area (Å²) in [6, 6.07) is 9.33. The summed E-state index contributed by atoms with van der Waals surface area (Å²) in [4.78, 5) is 12.5. The Hall–Kier alpha value is -2.49. The maximum Gasteiger partial charge on any atom is 0.262 e. The van der Waals surface area contributed by atoms with Crippen LogP contribution in [0.4, 0.5) is 5.69 Å². The second-order valence-corrected chi connectivity index (χ2v) is 9.66. The SMILES string of the molecule is O=C(COc1ccc2c(c1)OCO2)Nc1cc(S(=O)(=O)N2CCCCCC2)ccc1Cl. The van der Waals surface area contributed by atoms with E-state index in [0.29, 0.717) is 30.3 Å². The van der Waals surface area contributed by atoms with Gasteiger partial charge in [0, 0.05) is 19.2 Å². The first-order chi connectivity index (χ1) is 14.9. The minimum Gasteiger partial charge on any atom is -0.484 e. The van der Waals surface area contributed by atoms with Crippen molar-refractivity contribution in [3.63, 3.8) is 0 Å². The lowest BCUT2D eigenvalue weighted by Gasteiger charge is -2.20. The van der Waals surface area contributed by atoms with E-state index in [9.17, 15) is 13.2 Å². The molecule has 2 aliphatic heterocycles. The predicted octanol–water partition coefficient (Wildman–Crippen LogP) is 3.65. The highest BCUT2D eigenvalue weighted by Crippen LogP contribution is 2.35. The number of sulfonamides is 1. The minimum absolute atomic E-state index is 0.103. The summed E-state index contributed by atoms with van der Waals surface area (Å²) in [7, 11) is -3.66. The van der Waals surface area contributed by atoms with E-state index in [1.54, 1.807) is 18.2 Å². The van der Waals surface area contributed by atoms with Crippen LogP contribution >= 0.6 is 11.6 Å². The number of carbonyl (C=O) groups is 1. The zero-order chi connectivity index (χ0) is 21.8. The molecule has 8 nitrogen and oxygen atoms in total. The number of benzene rings is 2. The van der Waals surface area contributed by atoms with Gasteiger partial charge in [0.05, 0.1) is 15.6 Å². The lowest BCUT2D eigenvalue weighted by Crippen LogP contribution is -2.32. The molecular weight excluding hydrogens is 444 g/mol. The number of halogens is 1. The molecule has 0 atom stereocenters. The van der Waals surface area contributed by atoms with Crippen molar-refractivity contribution in [2.24, 2.45) is 0 Å². The summed E-state index contributed by atoms with van der Waals surface area (Å²) >= 11 is 6.19. The highest BCUT2D eigenvalue weighted by atomic mass is 35.5. The van der Waals surface area contributed by atoms with Gasteiger partial charge < -0.3 is 19.5 Å². The number of anilines is 1. The van der Waals surface area contributed by atoms with Gasteiger partial charge in [-0.1, -0.05) is 24.4 Å². The number of rotatable bonds is 6. The highest BCUT2D eigenvalue weighted by molar-refractivity contribution is 7.89. The van der Waals surface area contributed by atoms with Gasteiger partial charge in [-0.25, -0.2) is 8.42 Å². The van der Waals surface area contributed by atoms with Crippen LogP contribution in [0.2, 0.25) is 5.02 Å². The Morgan fingerprint density at radius 2 is 1.77 bits per heavy atom. The Kier molecular flexibility index (Phi) is 6.54. The van der Waals surface area contributed by atoms with Crippen molar-refractivity contribution in [3.05, 3.63) is 41.4 Å². The Morgan fingerprint density at radius 3 is 2.55 bits per heavy atom. The normalized spacial score (nSPS) is 16.5. The van der Waals surface area contributed by atoms with E-state index in [4.69, 9.17) is 25.8 Å². The van der Waals surface area contributed by atoms with Gasteiger partial charge in [0.15, 0.2) is 18.1 Å². The van der Waals surface area contributed by atoms with Gasteiger partial charge in [-0.15, -0.1) is 0 Å². The first-order valence-electron chi connectivity index (χ1n) is 10.1. The van der Waals surface area contributed by atoms with E-state index in [0.717, 1.165) is 25.7 Å². The van der Waals surface area contributed by atoms with Crippen LogP contribution in [0.25, 0.3) is 0 Å². The standard InChI is InChI=1S/C21H23ClN2O6S/c22-17-7-6-16(31(26,27)24-9-3-1-2-4-10-24)12-18(17)23-21(25)13-28-15-5-8-19-20(11-15)30-14-29-19/h5-8,11-12H,1-4,9-10,13-14H2,(H,23,25). The minimum atomic E-state index is -3.66. The van der Waals surface area contributed by atoms with Crippen LogP contribution in [-0.4, -0.2) is 45.1 Å². The fourth-order valence-corrected chi connectivity index (χ4v) is 5.20. The molecule has 0 aliphatic carbocycles. The van der Waals surface area contributed by atoms with Gasteiger partial charge in [0.2, 0.25) is 16.8 Å². The molecular formula is C21H23ClN2O6S. The molecule has 0 bridgehead atoms. The molecule has 4 rings (SSSR count). The number of fused-ring (bicyclic) bond motifs is 1. The first-order valence-corrected chi connectivity index (χ1v) is 11.9. The largest absolute Gasteiger partial charge is 0.484 e. The van der Waals surface area contributed by atoms with Crippen LogP contribution in [0, 0.1) is 0 Å². The summed E-state index contributed by atoms with van der Waals surface area (Å²) in [5.41, 5.74) is 0.219. The zero-order valence-corrected chi connectivity index (χ0v) is 18.4. The Labute approximate surface area is 186 Å². The molecule has 1 fully saturated rings. The van der Waals surface area contributed by atoms with Crippen molar-refractivity contribution in [3.8, 4) is 17.2 Å². The molecule has 1 N–H and O–H groups in total. The van der Waals surface area contributed by atoms with E-state index < -0.39 is 15.9 Å². The lowest BCUT2D eigenvalue weighted by molar-refractivity contribution is -0.118. The van der Waals surface area contributed by atoms with E-state index in [-0.39, 0.29) is 29.0 Å². The van der Waals surface area contributed by atoms with Crippen molar-refractivity contribution < 1.29 is 27.4 Å². The van der Waals surface area contributed by atoms with E-state index in [1.807, 2.05) is 0 Å². The third-order valence-corrected chi connectivity index (χ3v) is 7.35. The average Bonchev–Trinajstić information content (AvgIpc) is 3.04. The summed E-state index contributed by atoms with van der Waals surface area (Å²) in [6.45, 7) is 0.861. The van der Waals surface area contributed by atoms with Crippen LogP contribution in [0.15, 0.2) is 41.3 Å². The van der Waals surface area contributed by atoms with E-state index >= 15 is 0 Å². The molecule has 1 saturated heterocycles. The molecule has 2 aromatic rings. The van der Waals surface area contributed by atoms with Crippen LogP contribution < -0.4 is 19.5 Å². The van der Waals surface area contributed by atoms with Gasteiger partial charge >= 0.3 is 0 Å². The number of nitrogens with zero attached hydrogens (tertiary/aromatic N) is 1. The molecule has 0 unspecified atom stereocenters. The van der Waals surface area contributed by atoms with Gasteiger partial charge in [0.1, 0.15) is 5.75 Å². The Balaban J connectivity index is 1.42. The van der Waals surface area contributed by atoms with E-state index in [2.05, 4.69) is 5.32 Å². The van der Waals surface area contributed by atoms with Crippen molar-refractivity contribution in [2.75, 3.05) is 31.8 Å². The van der Waals surface area contributed by atoms with Crippen molar-refractivity contribution >= 4 is 33.2 Å². The van der Waals surface area contributed by atoms with Crippen LogP contribution in [0.3, 0.4) is 0 Å². The topological polar surface area (TPSA) is 94.2 Å². The van der Waals surface area contributed by atoms with E-state index in [1.165, 1.54) is 22.5 Å². The molecule has 1 amide bonds. The van der Waals surface area contributed by atoms with Crippen LogP contribution in [0.1, 0.15) is 25.7 Å². The van der Waals surface area contributed by atoms with Gasteiger partial charge in [-0.05, 0) is 43.2 Å². The summed E-state index contributed by atoms with van der Waals surface area (Å²) < 4.78 is 43.5. The number of carbonyl (C=O) groups excluding carboxylic acids is 1. The first kappa shape index (κ1) is 21.7. The van der Waals surface area contributed by atoms with Crippen LogP contribution in [-0.2, 0) is 14.8 Å². The smallest absolute Gasteiger partial charge is 0.262 e. The number of hydrogen-bond donors (Lipinski definition) is 1. The molecule has 2 heterocycles. The third-order valence-electron chi connectivity index (χ3n) is 5.13. The maximum absolute atomic E-state index is 13.0. The highest BCUT2D eigenvalue weighted by Gasteiger charge is 2.26. The second kappa shape index (κ2) is 9.33. The fourth-order valence-electron chi connectivity index (χ4n) is 3.49. The van der Waals surface area contributed by atoms with Crippen LogP contribution in [0.5, 0.6) is 17.2 Å². The lowest BCUT2D eigenvalue weighted by atomic mass is 10.2. The van der Waals surface area contributed by atoms with Crippen molar-refractivity contribution in [1.29, 1.82) is 0 Å². The zero-order valence-electron chi connectivity index (χ0n) is 16.8. The summed E-state index contributed by atoms with van der Waals surface area (Å²) in [6.07, 6.45) is 3.73. The van der Waals surface area contributed by atoms with Gasteiger partial charge in [0.25, 0.3) is 5.91 Å². The molecule has 0 aromatic heterocycles. The predicted molar refractivity (Wildman–Crippen MR) is 115 cm³/mol. The Bertz CT molecular complexity index is 1070. The molecule has 2 aliphatic rings. The molecule has 10 heteroatoms. The molecule has 0 spiro atoms. The molecule has 2 aromatic carbocycles. The Morgan fingerprint density at radius 1 is 1.03 bits per heavy atom. The van der Waals surface area contributed by atoms with Crippen molar-refractivity contribution in [2.45, 2.75) is 30.6 Å². The number of amides is 1. The van der Waals surface area contributed by atoms with Gasteiger partial charge in [-0.2, -0.15) is 4.31 Å². The molecule has 0 saturated carbocycles. The quantitative estimate of drug-likeness (QED) is 0.698. The second-order valence-electron chi connectivity index (χ2n) is 7.31. The average molecular weight is 467 g/mol.